The zero-order chi connectivity index (χ0) is 21.2. The number of benzene rings is 1. The van der Waals surface area contributed by atoms with Crippen LogP contribution >= 0.6 is 0 Å². The van der Waals surface area contributed by atoms with Gasteiger partial charge in [0.15, 0.2) is 0 Å². The molecule has 2 heterocycles. The van der Waals surface area contributed by atoms with Crippen molar-refractivity contribution < 1.29 is 13.2 Å². The minimum absolute atomic E-state index is 0.0424. The lowest BCUT2D eigenvalue weighted by Crippen LogP contribution is -2.45. The van der Waals surface area contributed by atoms with Gasteiger partial charge in [0, 0.05) is 46.1 Å². The zero-order valence-corrected chi connectivity index (χ0v) is 18.0. The first kappa shape index (κ1) is 21.1. The number of likely N-dealkylation sites (N-methyl/N-ethyl adjacent to an activating group) is 1. The number of amides is 2. The van der Waals surface area contributed by atoms with E-state index in [0.717, 1.165) is 28.5 Å². The lowest BCUT2D eigenvalue weighted by molar-refractivity contribution is 0.185. The average Bonchev–Trinajstić information content (AvgIpc) is 2.85. The van der Waals surface area contributed by atoms with Crippen LogP contribution in [0.4, 0.5) is 16.3 Å². The van der Waals surface area contributed by atoms with Crippen molar-refractivity contribution in [3.05, 3.63) is 48.2 Å². The second kappa shape index (κ2) is 8.38. The first-order valence-electron chi connectivity index (χ1n) is 9.49. The van der Waals surface area contributed by atoms with Crippen LogP contribution in [0.3, 0.4) is 0 Å². The first-order valence-corrected chi connectivity index (χ1v) is 10.9. The molecule has 0 spiro atoms. The van der Waals surface area contributed by atoms with E-state index in [1.807, 2.05) is 30.1 Å². The minimum atomic E-state index is -3.56. The second-order valence-electron chi connectivity index (χ2n) is 7.30. The van der Waals surface area contributed by atoms with Crippen LogP contribution in [0.5, 0.6) is 0 Å². The van der Waals surface area contributed by atoms with Gasteiger partial charge in [-0.25, -0.2) is 22.5 Å². The Kier molecular flexibility index (Phi) is 6.09. The Morgan fingerprint density at radius 3 is 2.59 bits per heavy atom. The number of aromatic nitrogens is 1. The van der Waals surface area contributed by atoms with Gasteiger partial charge in [0.1, 0.15) is 10.7 Å². The topological polar surface area (TPSA) is 85.8 Å². The van der Waals surface area contributed by atoms with Gasteiger partial charge in [0.2, 0.25) is 10.0 Å². The lowest BCUT2D eigenvalue weighted by Gasteiger charge is -2.30. The number of hydrogen-bond donors (Lipinski definition) is 1. The quantitative estimate of drug-likeness (QED) is 0.826. The molecule has 0 bridgehead atoms. The van der Waals surface area contributed by atoms with Crippen LogP contribution in [0.2, 0.25) is 0 Å². The standard InChI is InChI=1S/C20H27N5O3S/c1-5-16-14-24(4)18-9-7-6-8-15(18)13-25(16)20(26)22-19-11-10-17(12-21-19)29(27,28)23(2)3/h6-12,16H,5,13-14H2,1-4H3,(H,21,22,26). The molecule has 8 nitrogen and oxygen atoms in total. The lowest BCUT2D eigenvalue weighted by atomic mass is 10.1. The smallest absolute Gasteiger partial charge is 0.323 e. The molecule has 0 saturated heterocycles. The minimum Gasteiger partial charge on any atom is -0.372 e. The number of carbonyl (C=O) groups excluding carboxylic acids is 1. The van der Waals surface area contributed by atoms with E-state index in [2.05, 4.69) is 28.2 Å². The van der Waals surface area contributed by atoms with Crippen molar-refractivity contribution in [3.8, 4) is 0 Å². The number of nitrogens with one attached hydrogen (secondary N) is 1. The number of nitrogens with zero attached hydrogens (tertiary/aromatic N) is 4. The van der Waals surface area contributed by atoms with Gasteiger partial charge in [-0.15, -0.1) is 0 Å². The Morgan fingerprint density at radius 1 is 1.24 bits per heavy atom. The number of pyridine rings is 1. The molecule has 0 radical (unpaired) electrons. The first-order chi connectivity index (χ1) is 13.7. The fourth-order valence-corrected chi connectivity index (χ4v) is 4.28. The van der Waals surface area contributed by atoms with Crippen LogP contribution < -0.4 is 10.2 Å². The van der Waals surface area contributed by atoms with Gasteiger partial charge in [0.25, 0.3) is 0 Å². The maximum Gasteiger partial charge on any atom is 0.323 e. The van der Waals surface area contributed by atoms with E-state index in [-0.39, 0.29) is 17.0 Å². The number of hydrogen-bond acceptors (Lipinski definition) is 5. The average molecular weight is 418 g/mol. The molecule has 0 aliphatic carbocycles. The van der Waals surface area contributed by atoms with E-state index in [1.165, 1.54) is 32.4 Å². The van der Waals surface area contributed by atoms with E-state index in [4.69, 9.17) is 0 Å². The van der Waals surface area contributed by atoms with E-state index < -0.39 is 10.0 Å². The number of sulfonamides is 1. The summed E-state index contributed by atoms with van der Waals surface area (Å²) in [7, 11) is 1.40. The molecule has 1 N–H and O–H groups in total. The summed E-state index contributed by atoms with van der Waals surface area (Å²) in [6.45, 7) is 3.29. The highest BCUT2D eigenvalue weighted by Crippen LogP contribution is 2.27. The van der Waals surface area contributed by atoms with Gasteiger partial charge >= 0.3 is 6.03 Å². The van der Waals surface area contributed by atoms with E-state index >= 15 is 0 Å². The highest BCUT2D eigenvalue weighted by molar-refractivity contribution is 7.89. The molecule has 9 heteroatoms. The Bertz CT molecular complexity index is 976. The molecule has 29 heavy (non-hydrogen) atoms. The monoisotopic (exact) mass is 417 g/mol. The fourth-order valence-electron chi connectivity index (χ4n) is 3.43. The molecule has 1 aromatic heterocycles. The second-order valence-corrected chi connectivity index (χ2v) is 9.45. The molecule has 1 aliphatic heterocycles. The van der Waals surface area contributed by atoms with Crippen molar-refractivity contribution in [1.29, 1.82) is 0 Å². The third-order valence-corrected chi connectivity index (χ3v) is 6.95. The van der Waals surface area contributed by atoms with Crippen molar-refractivity contribution in [1.82, 2.24) is 14.2 Å². The van der Waals surface area contributed by atoms with Crippen molar-refractivity contribution in [3.63, 3.8) is 0 Å². The number of fused-ring (bicyclic) bond motifs is 1. The summed E-state index contributed by atoms with van der Waals surface area (Å²) in [5, 5.41) is 2.81. The summed E-state index contributed by atoms with van der Waals surface area (Å²) in [6.07, 6.45) is 2.08. The molecule has 1 aliphatic rings. The Labute approximate surface area is 172 Å². The molecule has 1 unspecified atom stereocenters. The van der Waals surface area contributed by atoms with Gasteiger partial charge in [-0.05, 0) is 30.2 Å². The highest BCUT2D eigenvalue weighted by Gasteiger charge is 2.29. The van der Waals surface area contributed by atoms with Crippen molar-refractivity contribution >= 4 is 27.6 Å². The molecule has 156 valence electrons. The van der Waals surface area contributed by atoms with Gasteiger partial charge in [-0.3, -0.25) is 5.32 Å². The van der Waals surface area contributed by atoms with Crippen LogP contribution in [-0.2, 0) is 16.6 Å². The van der Waals surface area contributed by atoms with Crippen molar-refractivity contribution in [2.45, 2.75) is 30.8 Å². The molecular formula is C20H27N5O3S. The Balaban J connectivity index is 1.80. The summed E-state index contributed by atoms with van der Waals surface area (Å²) in [5.74, 6) is 0.313. The van der Waals surface area contributed by atoms with Crippen molar-refractivity contribution in [2.75, 3.05) is 37.9 Å². The van der Waals surface area contributed by atoms with E-state index in [1.54, 1.807) is 0 Å². The number of urea groups is 1. The van der Waals surface area contributed by atoms with Crippen LogP contribution in [0.25, 0.3) is 0 Å². The summed E-state index contributed by atoms with van der Waals surface area (Å²) in [5.41, 5.74) is 2.21. The highest BCUT2D eigenvalue weighted by atomic mass is 32.2. The normalized spacial score (nSPS) is 17.1. The zero-order valence-electron chi connectivity index (χ0n) is 17.2. The molecule has 0 saturated carbocycles. The van der Waals surface area contributed by atoms with Gasteiger partial charge < -0.3 is 9.80 Å². The van der Waals surface area contributed by atoms with Gasteiger partial charge in [0.05, 0.1) is 6.04 Å². The third kappa shape index (κ3) is 4.35. The SMILES string of the molecule is CCC1CN(C)c2ccccc2CN1C(=O)Nc1ccc(S(=O)(=O)N(C)C)cn1. The predicted octanol–water partition coefficient (Wildman–Crippen LogP) is 2.59. The third-order valence-electron chi connectivity index (χ3n) is 5.15. The molecule has 1 atom stereocenters. The molecular weight excluding hydrogens is 390 g/mol. The molecule has 3 rings (SSSR count). The summed E-state index contributed by atoms with van der Waals surface area (Å²) < 4.78 is 25.5. The van der Waals surface area contributed by atoms with Gasteiger partial charge in [-0.1, -0.05) is 25.1 Å². The molecule has 0 fully saturated rings. The maximum absolute atomic E-state index is 13.0. The van der Waals surface area contributed by atoms with E-state index in [0.29, 0.717) is 12.4 Å². The van der Waals surface area contributed by atoms with Crippen LogP contribution in [0.1, 0.15) is 18.9 Å². The number of para-hydroxylation sites is 1. The largest absolute Gasteiger partial charge is 0.372 e. The van der Waals surface area contributed by atoms with Crippen molar-refractivity contribution in [2.24, 2.45) is 0 Å². The Morgan fingerprint density at radius 2 is 1.97 bits per heavy atom. The summed E-state index contributed by atoms with van der Waals surface area (Å²) in [4.78, 5) is 21.2. The van der Waals surface area contributed by atoms with Crippen LogP contribution in [-0.4, -0.2) is 62.4 Å². The summed E-state index contributed by atoms with van der Waals surface area (Å²) in [6, 6.07) is 10.8. The molecule has 2 amide bonds. The number of rotatable bonds is 4. The summed E-state index contributed by atoms with van der Waals surface area (Å²) >= 11 is 0. The van der Waals surface area contributed by atoms with E-state index in [9.17, 15) is 13.2 Å². The van der Waals surface area contributed by atoms with Crippen LogP contribution in [0.15, 0.2) is 47.5 Å². The molecule has 1 aromatic carbocycles. The van der Waals surface area contributed by atoms with Crippen LogP contribution in [0, 0.1) is 0 Å². The number of anilines is 2. The fraction of sp³-hybridized carbons (Fsp3) is 0.400. The number of carbonyl (C=O) groups is 1. The van der Waals surface area contributed by atoms with Gasteiger partial charge in [-0.2, -0.15) is 0 Å². The predicted molar refractivity (Wildman–Crippen MR) is 113 cm³/mol. The Hall–Kier alpha value is -2.65. The maximum atomic E-state index is 13.0. The molecule has 2 aromatic rings.